The summed E-state index contributed by atoms with van der Waals surface area (Å²) in [5, 5.41) is 4.40. The number of methoxy groups -OCH3 is 2. The van der Waals surface area contributed by atoms with E-state index in [9.17, 15) is 9.59 Å². The van der Waals surface area contributed by atoms with Crippen molar-refractivity contribution in [3.63, 3.8) is 0 Å². The molecule has 1 N–H and O–H groups in total. The number of amides is 1. The van der Waals surface area contributed by atoms with Crippen molar-refractivity contribution >= 4 is 27.9 Å². The number of fused-ring (bicyclic) bond motifs is 1. The number of carbonyl (C=O) groups is 1. The fourth-order valence-electron chi connectivity index (χ4n) is 2.25. The van der Waals surface area contributed by atoms with Gasteiger partial charge < -0.3 is 14.8 Å². The van der Waals surface area contributed by atoms with E-state index in [1.54, 1.807) is 36.7 Å². The molecule has 0 atom stereocenters. The predicted octanol–water partition coefficient (Wildman–Crippen LogP) is 2.33. The van der Waals surface area contributed by atoms with E-state index < -0.39 is 5.91 Å². The highest BCUT2D eigenvalue weighted by molar-refractivity contribution is 7.15. The largest absolute Gasteiger partial charge is 0.497 e. The summed E-state index contributed by atoms with van der Waals surface area (Å²) in [5.74, 6) is 0.531. The Bertz CT molecular complexity index is 955. The number of nitrogens with zero attached hydrogens (tertiary/aromatic N) is 2. The van der Waals surface area contributed by atoms with Crippen LogP contribution >= 0.6 is 11.3 Å². The molecule has 2 aromatic heterocycles. The number of rotatable bonds is 4. The predicted molar refractivity (Wildman–Crippen MR) is 91.6 cm³/mol. The smallest absolute Gasteiger partial charge is 0.282 e. The average molecular weight is 345 g/mol. The Morgan fingerprint density at radius 2 is 1.88 bits per heavy atom. The summed E-state index contributed by atoms with van der Waals surface area (Å²) in [6, 6.07) is 4.80. The van der Waals surface area contributed by atoms with E-state index in [0.717, 1.165) is 0 Å². The molecule has 124 valence electrons. The van der Waals surface area contributed by atoms with Gasteiger partial charge in [-0.1, -0.05) is 0 Å². The Labute approximate surface area is 141 Å². The van der Waals surface area contributed by atoms with Gasteiger partial charge in [-0.15, -0.1) is 11.3 Å². The molecular formula is C16H15N3O4S. The Kier molecular flexibility index (Phi) is 4.22. The number of hydrogen-bond acceptors (Lipinski definition) is 6. The highest BCUT2D eigenvalue weighted by Gasteiger charge is 2.16. The Hall–Kier alpha value is -2.87. The first-order chi connectivity index (χ1) is 11.5. The fraction of sp³-hybridized carbons (Fsp3) is 0.188. The minimum Gasteiger partial charge on any atom is -0.497 e. The van der Waals surface area contributed by atoms with E-state index in [-0.39, 0.29) is 11.2 Å². The van der Waals surface area contributed by atoms with Gasteiger partial charge >= 0.3 is 0 Å². The molecule has 0 aliphatic carbocycles. The molecule has 3 aromatic rings. The highest BCUT2D eigenvalue weighted by Crippen LogP contribution is 2.23. The molecule has 2 heterocycles. The zero-order chi connectivity index (χ0) is 17.3. The van der Waals surface area contributed by atoms with E-state index in [1.165, 1.54) is 30.0 Å². The third-order valence-electron chi connectivity index (χ3n) is 3.50. The maximum Gasteiger partial charge on any atom is 0.282 e. The van der Waals surface area contributed by atoms with E-state index in [2.05, 4.69) is 10.3 Å². The van der Waals surface area contributed by atoms with E-state index in [1.807, 2.05) is 0 Å². The molecule has 0 aliphatic rings. The van der Waals surface area contributed by atoms with Crippen molar-refractivity contribution in [3.8, 4) is 11.5 Å². The maximum absolute atomic E-state index is 12.5. The van der Waals surface area contributed by atoms with Crippen LogP contribution in [-0.4, -0.2) is 29.5 Å². The summed E-state index contributed by atoms with van der Waals surface area (Å²) >= 11 is 1.36. The van der Waals surface area contributed by atoms with Crippen LogP contribution in [0.5, 0.6) is 11.5 Å². The molecule has 0 spiro atoms. The molecule has 3 rings (SSSR count). The molecule has 0 saturated heterocycles. The van der Waals surface area contributed by atoms with Crippen molar-refractivity contribution in [1.82, 2.24) is 9.38 Å². The van der Waals surface area contributed by atoms with Gasteiger partial charge in [-0.2, -0.15) is 0 Å². The molecule has 0 aliphatic heterocycles. The molecule has 0 bridgehead atoms. The van der Waals surface area contributed by atoms with E-state index in [4.69, 9.17) is 9.47 Å². The standard InChI is InChI=1S/C16H15N3O4S/c1-9-13(15(21)19-4-5-24-16(19)17-9)18-14(20)10-6-11(22-2)8-12(7-10)23-3/h4-8H,1-3H3,(H,18,20). The Morgan fingerprint density at radius 3 is 2.50 bits per heavy atom. The van der Waals surface area contributed by atoms with Crippen molar-refractivity contribution < 1.29 is 14.3 Å². The molecule has 0 fully saturated rings. The molecule has 0 unspecified atom stereocenters. The molecule has 0 saturated carbocycles. The number of benzene rings is 1. The van der Waals surface area contributed by atoms with Gasteiger partial charge in [0.2, 0.25) is 0 Å². The summed E-state index contributed by atoms with van der Waals surface area (Å²) in [7, 11) is 3.00. The quantitative estimate of drug-likeness (QED) is 0.785. The van der Waals surface area contributed by atoms with Crippen molar-refractivity contribution in [3.05, 3.63) is 51.4 Å². The minimum absolute atomic E-state index is 0.151. The molecule has 1 aromatic carbocycles. The number of nitrogens with one attached hydrogen (secondary N) is 1. The van der Waals surface area contributed by atoms with Gasteiger partial charge in [0, 0.05) is 23.2 Å². The van der Waals surface area contributed by atoms with Gasteiger partial charge in [-0.25, -0.2) is 4.98 Å². The molecular weight excluding hydrogens is 330 g/mol. The van der Waals surface area contributed by atoms with Crippen LogP contribution in [0.3, 0.4) is 0 Å². The first-order valence-corrected chi connectivity index (χ1v) is 7.92. The van der Waals surface area contributed by atoms with Crippen molar-refractivity contribution in [2.75, 3.05) is 19.5 Å². The van der Waals surface area contributed by atoms with Crippen LogP contribution in [0, 0.1) is 6.92 Å². The second-order valence-electron chi connectivity index (χ2n) is 4.99. The van der Waals surface area contributed by atoms with Crippen LogP contribution < -0.4 is 20.3 Å². The SMILES string of the molecule is COc1cc(OC)cc(C(=O)Nc2c(C)nc3sccn3c2=O)c1. The first kappa shape index (κ1) is 16.0. The van der Waals surface area contributed by atoms with Gasteiger partial charge in [0.05, 0.1) is 19.9 Å². The molecule has 7 nitrogen and oxygen atoms in total. The fourth-order valence-corrected chi connectivity index (χ4v) is 3.00. The lowest BCUT2D eigenvalue weighted by molar-refractivity contribution is 0.102. The summed E-state index contributed by atoms with van der Waals surface area (Å²) < 4.78 is 11.7. The highest BCUT2D eigenvalue weighted by atomic mass is 32.1. The number of anilines is 1. The maximum atomic E-state index is 12.5. The third-order valence-corrected chi connectivity index (χ3v) is 4.26. The molecule has 24 heavy (non-hydrogen) atoms. The van der Waals surface area contributed by atoms with Gasteiger partial charge in [0.15, 0.2) is 4.96 Å². The zero-order valence-corrected chi connectivity index (χ0v) is 14.1. The average Bonchev–Trinajstić information content (AvgIpc) is 3.06. The molecule has 8 heteroatoms. The number of hydrogen-bond donors (Lipinski definition) is 1. The van der Waals surface area contributed by atoms with Crippen molar-refractivity contribution in [2.24, 2.45) is 0 Å². The van der Waals surface area contributed by atoms with E-state index in [0.29, 0.717) is 27.7 Å². The van der Waals surface area contributed by atoms with Crippen LogP contribution in [-0.2, 0) is 0 Å². The van der Waals surface area contributed by atoms with Gasteiger partial charge in [0.25, 0.3) is 11.5 Å². The normalized spacial score (nSPS) is 10.6. The monoisotopic (exact) mass is 345 g/mol. The lowest BCUT2D eigenvalue weighted by Crippen LogP contribution is -2.24. The summed E-state index contributed by atoms with van der Waals surface area (Å²) in [4.78, 5) is 29.9. The van der Waals surface area contributed by atoms with Gasteiger partial charge in [-0.3, -0.25) is 14.0 Å². The lowest BCUT2D eigenvalue weighted by Gasteiger charge is -2.10. The van der Waals surface area contributed by atoms with Crippen LogP contribution in [0.2, 0.25) is 0 Å². The van der Waals surface area contributed by atoms with Gasteiger partial charge in [0.1, 0.15) is 17.2 Å². The Balaban J connectivity index is 2.00. The molecule has 0 radical (unpaired) electrons. The third kappa shape index (κ3) is 2.83. The van der Waals surface area contributed by atoms with Crippen LogP contribution in [0.4, 0.5) is 5.69 Å². The second kappa shape index (κ2) is 6.32. The zero-order valence-electron chi connectivity index (χ0n) is 13.3. The summed E-state index contributed by atoms with van der Waals surface area (Å²) in [6.45, 7) is 1.68. The number of aromatic nitrogens is 2. The van der Waals surface area contributed by atoms with Crippen molar-refractivity contribution in [1.29, 1.82) is 0 Å². The molecule has 1 amide bonds. The van der Waals surface area contributed by atoms with Gasteiger partial charge in [-0.05, 0) is 19.1 Å². The number of ether oxygens (including phenoxy) is 2. The van der Waals surface area contributed by atoms with Crippen molar-refractivity contribution in [2.45, 2.75) is 6.92 Å². The number of aryl methyl sites for hydroxylation is 1. The number of carbonyl (C=O) groups excluding carboxylic acids is 1. The summed E-state index contributed by atoms with van der Waals surface area (Å²) in [6.07, 6.45) is 1.62. The minimum atomic E-state index is -0.440. The van der Waals surface area contributed by atoms with Crippen LogP contribution in [0.25, 0.3) is 4.96 Å². The van der Waals surface area contributed by atoms with Crippen LogP contribution in [0.1, 0.15) is 16.1 Å². The first-order valence-electron chi connectivity index (χ1n) is 7.04. The topological polar surface area (TPSA) is 81.9 Å². The Morgan fingerprint density at radius 1 is 1.21 bits per heavy atom. The number of thiazole rings is 1. The van der Waals surface area contributed by atoms with Crippen LogP contribution in [0.15, 0.2) is 34.6 Å². The summed E-state index contributed by atoms with van der Waals surface area (Å²) in [5.41, 5.74) is 0.616. The second-order valence-corrected chi connectivity index (χ2v) is 5.86. The lowest BCUT2D eigenvalue weighted by atomic mass is 10.2. The van der Waals surface area contributed by atoms with E-state index >= 15 is 0 Å².